The molecule has 1 amide bonds. The number of benzene rings is 1. The Morgan fingerprint density at radius 1 is 1.23 bits per heavy atom. The Labute approximate surface area is 161 Å². The molecule has 3 rings (SSSR count). The van der Waals surface area contributed by atoms with E-state index in [9.17, 15) is 4.79 Å². The second kappa shape index (κ2) is 8.51. The van der Waals surface area contributed by atoms with E-state index >= 15 is 0 Å². The lowest BCUT2D eigenvalue weighted by molar-refractivity contribution is -0.113. The predicted molar refractivity (Wildman–Crippen MR) is 108 cm³/mol. The molecule has 0 fully saturated rings. The predicted octanol–water partition coefficient (Wildman–Crippen LogP) is 4.32. The number of aromatic nitrogens is 3. The van der Waals surface area contributed by atoms with E-state index < -0.39 is 0 Å². The summed E-state index contributed by atoms with van der Waals surface area (Å²) in [6.45, 7) is 4.24. The fourth-order valence-electron chi connectivity index (χ4n) is 2.62. The van der Waals surface area contributed by atoms with E-state index in [0.717, 1.165) is 28.7 Å². The Bertz CT molecular complexity index is 872. The molecule has 0 aliphatic rings. The van der Waals surface area contributed by atoms with Gasteiger partial charge in [0.1, 0.15) is 5.82 Å². The lowest BCUT2D eigenvalue weighted by Crippen LogP contribution is -2.16. The largest absolute Gasteiger partial charge is 0.325 e. The average Bonchev–Trinajstić information content (AvgIpc) is 3.25. The first-order valence-electron chi connectivity index (χ1n) is 8.47. The fourth-order valence-corrected chi connectivity index (χ4v) is 4.06. The molecule has 0 unspecified atom stereocenters. The fraction of sp³-hybridized carbons (Fsp3) is 0.316. The van der Waals surface area contributed by atoms with Crippen LogP contribution in [0, 0.1) is 0 Å². The molecule has 0 aliphatic heterocycles. The van der Waals surface area contributed by atoms with Crippen molar-refractivity contribution in [3.8, 4) is 0 Å². The van der Waals surface area contributed by atoms with Crippen molar-refractivity contribution >= 4 is 34.7 Å². The van der Waals surface area contributed by atoms with Crippen LogP contribution >= 0.6 is 23.1 Å². The van der Waals surface area contributed by atoms with E-state index in [1.165, 1.54) is 16.6 Å². The van der Waals surface area contributed by atoms with Gasteiger partial charge in [0.15, 0.2) is 5.16 Å². The van der Waals surface area contributed by atoms with Gasteiger partial charge in [-0.3, -0.25) is 4.79 Å². The molecule has 5 nitrogen and oxygen atoms in total. The van der Waals surface area contributed by atoms with Gasteiger partial charge in [-0.2, -0.15) is 0 Å². The molecule has 1 aromatic carbocycles. The molecule has 136 valence electrons. The van der Waals surface area contributed by atoms with Crippen LogP contribution < -0.4 is 5.32 Å². The second-order valence-electron chi connectivity index (χ2n) is 6.29. The summed E-state index contributed by atoms with van der Waals surface area (Å²) >= 11 is 3.11. The van der Waals surface area contributed by atoms with Crippen LogP contribution in [0.4, 0.5) is 5.69 Å². The van der Waals surface area contributed by atoms with Crippen LogP contribution in [-0.2, 0) is 18.3 Å². The van der Waals surface area contributed by atoms with E-state index in [2.05, 4.69) is 40.8 Å². The van der Waals surface area contributed by atoms with Gasteiger partial charge in [-0.25, -0.2) is 0 Å². The molecule has 0 bridgehead atoms. The van der Waals surface area contributed by atoms with Gasteiger partial charge < -0.3 is 9.88 Å². The number of anilines is 1. The molecule has 0 radical (unpaired) electrons. The molecular formula is C19H22N4OS2. The number of hydrogen-bond donors (Lipinski definition) is 1. The standard InChI is InChI=1S/C19H22N4OS2/c1-13(2)15-8-4-5-9-16(15)20-18(24)12-26-19-22-21-17(23(19)3)11-14-7-6-10-25-14/h4-10,13H,11-12H2,1-3H3,(H,20,24). The topological polar surface area (TPSA) is 59.8 Å². The maximum atomic E-state index is 12.3. The number of hydrogen-bond acceptors (Lipinski definition) is 5. The number of nitrogens with one attached hydrogen (secondary N) is 1. The third-order valence-corrected chi connectivity index (χ3v) is 5.92. The molecule has 0 saturated heterocycles. The van der Waals surface area contributed by atoms with Crippen LogP contribution in [0.1, 0.15) is 36.0 Å². The van der Waals surface area contributed by atoms with Crippen LogP contribution in [0.15, 0.2) is 46.9 Å². The summed E-state index contributed by atoms with van der Waals surface area (Å²) in [5, 5.41) is 14.3. The molecule has 3 aromatic rings. The van der Waals surface area contributed by atoms with Gasteiger partial charge in [0.2, 0.25) is 5.91 Å². The van der Waals surface area contributed by atoms with Crippen LogP contribution in [0.2, 0.25) is 0 Å². The normalized spacial score (nSPS) is 11.1. The number of amides is 1. The first kappa shape index (κ1) is 18.7. The van der Waals surface area contributed by atoms with Crippen molar-refractivity contribution in [3.63, 3.8) is 0 Å². The Balaban J connectivity index is 1.59. The third kappa shape index (κ3) is 4.53. The number of carbonyl (C=O) groups is 1. The molecule has 2 heterocycles. The van der Waals surface area contributed by atoms with Crippen LogP contribution in [-0.4, -0.2) is 26.4 Å². The highest BCUT2D eigenvalue weighted by Crippen LogP contribution is 2.24. The van der Waals surface area contributed by atoms with Gasteiger partial charge in [-0.05, 0) is 29.0 Å². The molecule has 7 heteroatoms. The van der Waals surface area contributed by atoms with E-state index in [1.807, 2.05) is 41.9 Å². The zero-order valence-electron chi connectivity index (χ0n) is 15.1. The van der Waals surface area contributed by atoms with E-state index in [0.29, 0.717) is 11.7 Å². The zero-order chi connectivity index (χ0) is 18.5. The highest BCUT2D eigenvalue weighted by atomic mass is 32.2. The number of thiophene rings is 1. The van der Waals surface area contributed by atoms with E-state index in [1.54, 1.807) is 11.3 Å². The van der Waals surface area contributed by atoms with Crippen molar-refractivity contribution in [2.45, 2.75) is 31.3 Å². The van der Waals surface area contributed by atoms with Crippen molar-refractivity contribution < 1.29 is 4.79 Å². The summed E-state index contributed by atoms with van der Waals surface area (Å²) in [5.41, 5.74) is 2.02. The molecule has 0 atom stereocenters. The van der Waals surface area contributed by atoms with Gasteiger partial charge in [0.05, 0.1) is 5.75 Å². The van der Waals surface area contributed by atoms with E-state index in [-0.39, 0.29) is 5.91 Å². The average molecular weight is 387 g/mol. The maximum Gasteiger partial charge on any atom is 0.234 e. The quantitative estimate of drug-likeness (QED) is 0.614. The van der Waals surface area contributed by atoms with Gasteiger partial charge in [0.25, 0.3) is 0 Å². The number of thioether (sulfide) groups is 1. The first-order valence-corrected chi connectivity index (χ1v) is 10.3. The Morgan fingerprint density at radius 3 is 2.77 bits per heavy atom. The first-order chi connectivity index (χ1) is 12.5. The molecule has 26 heavy (non-hydrogen) atoms. The number of carbonyl (C=O) groups excluding carboxylic acids is 1. The Morgan fingerprint density at radius 2 is 2.04 bits per heavy atom. The number of rotatable bonds is 7. The van der Waals surface area contributed by atoms with Crippen molar-refractivity contribution in [1.29, 1.82) is 0 Å². The van der Waals surface area contributed by atoms with Gasteiger partial charge in [-0.15, -0.1) is 21.5 Å². The minimum Gasteiger partial charge on any atom is -0.325 e. The minimum atomic E-state index is -0.0362. The summed E-state index contributed by atoms with van der Waals surface area (Å²) in [6, 6.07) is 12.0. The summed E-state index contributed by atoms with van der Waals surface area (Å²) in [4.78, 5) is 13.6. The molecule has 1 N–H and O–H groups in total. The van der Waals surface area contributed by atoms with Gasteiger partial charge in [0, 0.05) is 24.0 Å². The number of nitrogens with zero attached hydrogens (tertiary/aromatic N) is 3. The molecule has 2 aromatic heterocycles. The van der Waals surface area contributed by atoms with Gasteiger partial charge in [-0.1, -0.05) is 49.9 Å². The maximum absolute atomic E-state index is 12.3. The molecule has 0 saturated carbocycles. The second-order valence-corrected chi connectivity index (χ2v) is 8.27. The van der Waals surface area contributed by atoms with Crippen LogP contribution in [0.3, 0.4) is 0 Å². The highest BCUT2D eigenvalue weighted by molar-refractivity contribution is 7.99. The van der Waals surface area contributed by atoms with Crippen molar-refractivity contribution in [2.24, 2.45) is 7.05 Å². The number of para-hydroxylation sites is 1. The molecular weight excluding hydrogens is 364 g/mol. The minimum absolute atomic E-state index is 0.0362. The van der Waals surface area contributed by atoms with Crippen molar-refractivity contribution in [3.05, 3.63) is 58.0 Å². The Hall–Kier alpha value is -2.12. The monoisotopic (exact) mass is 386 g/mol. The summed E-state index contributed by atoms with van der Waals surface area (Å²) in [5.74, 6) is 1.53. The molecule has 0 spiro atoms. The van der Waals surface area contributed by atoms with Gasteiger partial charge >= 0.3 is 0 Å². The van der Waals surface area contributed by atoms with E-state index in [4.69, 9.17) is 0 Å². The van der Waals surface area contributed by atoms with Crippen molar-refractivity contribution in [2.75, 3.05) is 11.1 Å². The summed E-state index contributed by atoms with van der Waals surface area (Å²) < 4.78 is 1.96. The lowest BCUT2D eigenvalue weighted by Gasteiger charge is -2.13. The van der Waals surface area contributed by atoms with Crippen LogP contribution in [0.5, 0.6) is 0 Å². The highest BCUT2D eigenvalue weighted by Gasteiger charge is 2.14. The molecule has 0 aliphatic carbocycles. The summed E-state index contributed by atoms with van der Waals surface area (Å²) in [7, 11) is 1.94. The third-order valence-electron chi connectivity index (χ3n) is 4.03. The Kier molecular flexibility index (Phi) is 6.11. The SMILES string of the molecule is CC(C)c1ccccc1NC(=O)CSc1nnc(Cc2cccs2)n1C. The smallest absolute Gasteiger partial charge is 0.234 e. The van der Waals surface area contributed by atoms with Crippen molar-refractivity contribution in [1.82, 2.24) is 14.8 Å². The zero-order valence-corrected chi connectivity index (χ0v) is 16.7. The van der Waals surface area contributed by atoms with Crippen LogP contribution in [0.25, 0.3) is 0 Å². The lowest BCUT2D eigenvalue weighted by atomic mass is 10.0. The summed E-state index contributed by atoms with van der Waals surface area (Å²) in [6.07, 6.45) is 0.760.